The van der Waals surface area contributed by atoms with Crippen LogP contribution in [-0.4, -0.2) is 22.6 Å². The summed E-state index contributed by atoms with van der Waals surface area (Å²) in [5, 5.41) is 8.72. The number of carbonyl (C=O) groups excluding carboxylic acids is 1. The lowest BCUT2D eigenvalue weighted by Crippen LogP contribution is -2.41. The van der Waals surface area contributed by atoms with Gasteiger partial charge in [-0.15, -0.1) is 11.3 Å². The Kier molecular flexibility index (Phi) is 3.48. The molecular weight excluding hydrogens is 274 g/mol. The number of aromatic nitrogens is 1. The topological polar surface area (TPSA) is 58.4 Å². The number of hydrogen-bond donors (Lipinski definition) is 1. The minimum Gasteiger partial charge on any atom is -0.360 e. The molecule has 0 saturated heterocycles. The van der Waals surface area contributed by atoms with Crippen LogP contribution in [0, 0.1) is 6.92 Å². The van der Waals surface area contributed by atoms with Crippen LogP contribution in [0.1, 0.15) is 35.6 Å². The normalized spacial score (nSPS) is 17.9. The highest BCUT2D eigenvalue weighted by atomic mass is 32.1. The zero-order valence-electron chi connectivity index (χ0n) is 11.5. The molecule has 1 aliphatic heterocycles. The molecule has 5 nitrogen and oxygen atoms in total. The number of fused-ring (bicyclic) bond motifs is 1. The molecule has 0 radical (unpaired) electrons. The summed E-state index contributed by atoms with van der Waals surface area (Å²) in [6.45, 7) is 4.66. The van der Waals surface area contributed by atoms with E-state index >= 15 is 0 Å². The van der Waals surface area contributed by atoms with E-state index in [-0.39, 0.29) is 12.1 Å². The molecule has 1 N–H and O–H groups in total. The minimum atomic E-state index is -0.109. The van der Waals surface area contributed by atoms with Crippen LogP contribution in [0.3, 0.4) is 0 Å². The quantitative estimate of drug-likeness (QED) is 0.920. The van der Waals surface area contributed by atoms with Crippen molar-refractivity contribution in [2.75, 3.05) is 11.9 Å². The first kappa shape index (κ1) is 13.2. The molecule has 106 valence electrons. The van der Waals surface area contributed by atoms with Gasteiger partial charge in [-0.05, 0) is 36.8 Å². The Bertz CT molecular complexity index is 619. The molecule has 2 aromatic rings. The summed E-state index contributed by atoms with van der Waals surface area (Å²) < 4.78 is 4.97. The molecule has 0 fully saturated rings. The Morgan fingerprint density at radius 2 is 2.50 bits per heavy atom. The van der Waals surface area contributed by atoms with Gasteiger partial charge in [0.25, 0.3) is 0 Å². The van der Waals surface area contributed by atoms with E-state index in [1.165, 1.54) is 10.4 Å². The van der Waals surface area contributed by atoms with Crippen molar-refractivity contribution in [3.63, 3.8) is 0 Å². The molecule has 0 saturated carbocycles. The first-order valence-electron chi connectivity index (χ1n) is 6.76. The van der Waals surface area contributed by atoms with E-state index in [2.05, 4.69) is 28.8 Å². The van der Waals surface area contributed by atoms with Crippen molar-refractivity contribution in [3.05, 3.63) is 33.7 Å². The molecular formula is C14H17N3O2S. The first-order chi connectivity index (χ1) is 9.69. The maximum atomic E-state index is 12.4. The lowest BCUT2D eigenvalue weighted by atomic mass is 9.98. The summed E-state index contributed by atoms with van der Waals surface area (Å²) in [6, 6.07) is 3.90. The standard InChI is InChI=1S/C14H17N3O2S/c1-3-11-10-5-7-20-12(10)4-6-17(11)14(18)15-13-8-9(2)19-16-13/h5,7-8,11H,3-4,6H2,1-2H3,(H,15,16,18). The zero-order chi connectivity index (χ0) is 14.1. The van der Waals surface area contributed by atoms with Gasteiger partial charge in [-0.25, -0.2) is 4.79 Å². The number of carbonyl (C=O) groups is 1. The van der Waals surface area contributed by atoms with Crippen LogP contribution < -0.4 is 5.32 Å². The number of rotatable bonds is 2. The molecule has 6 heteroatoms. The van der Waals surface area contributed by atoms with E-state index in [9.17, 15) is 4.79 Å². The van der Waals surface area contributed by atoms with Gasteiger partial charge in [-0.2, -0.15) is 0 Å². The Balaban J connectivity index is 1.78. The van der Waals surface area contributed by atoms with Gasteiger partial charge in [0, 0.05) is 17.5 Å². The van der Waals surface area contributed by atoms with Crippen LogP contribution >= 0.6 is 11.3 Å². The maximum Gasteiger partial charge on any atom is 0.323 e. The molecule has 2 amide bonds. The second-order valence-electron chi connectivity index (χ2n) is 4.92. The smallest absolute Gasteiger partial charge is 0.323 e. The fourth-order valence-corrected chi connectivity index (χ4v) is 3.61. The Morgan fingerprint density at radius 3 is 3.20 bits per heavy atom. The first-order valence-corrected chi connectivity index (χ1v) is 7.64. The van der Waals surface area contributed by atoms with Crippen molar-refractivity contribution in [2.24, 2.45) is 0 Å². The number of amides is 2. The summed E-state index contributed by atoms with van der Waals surface area (Å²) in [7, 11) is 0. The summed E-state index contributed by atoms with van der Waals surface area (Å²) in [5.41, 5.74) is 1.29. The van der Waals surface area contributed by atoms with Gasteiger partial charge in [0.1, 0.15) is 5.76 Å². The van der Waals surface area contributed by atoms with Crippen molar-refractivity contribution >= 4 is 23.2 Å². The van der Waals surface area contributed by atoms with Gasteiger partial charge in [-0.1, -0.05) is 12.1 Å². The molecule has 2 aromatic heterocycles. The van der Waals surface area contributed by atoms with E-state index in [1.807, 2.05) is 4.90 Å². The monoisotopic (exact) mass is 291 g/mol. The average molecular weight is 291 g/mol. The predicted molar refractivity (Wildman–Crippen MR) is 78.0 cm³/mol. The largest absolute Gasteiger partial charge is 0.360 e. The fraction of sp³-hybridized carbons (Fsp3) is 0.429. The lowest BCUT2D eigenvalue weighted by Gasteiger charge is -2.35. The SMILES string of the molecule is CCC1c2ccsc2CCN1C(=O)Nc1cc(C)on1. The summed E-state index contributed by atoms with van der Waals surface area (Å²) in [5.74, 6) is 1.16. The summed E-state index contributed by atoms with van der Waals surface area (Å²) >= 11 is 1.78. The third kappa shape index (κ3) is 2.31. The van der Waals surface area contributed by atoms with Crippen LogP contribution in [0.25, 0.3) is 0 Å². The van der Waals surface area contributed by atoms with Gasteiger partial charge >= 0.3 is 6.03 Å². The van der Waals surface area contributed by atoms with Crippen LogP contribution in [0.15, 0.2) is 22.0 Å². The molecule has 20 heavy (non-hydrogen) atoms. The van der Waals surface area contributed by atoms with Crippen molar-refractivity contribution in [2.45, 2.75) is 32.7 Å². The van der Waals surface area contributed by atoms with Crippen LogP contribution in [-0.2, 0) is 6.42 Å². The van der Waals surface area contributed by atoms with E-state index < -0.39 is 0 Å². The van der Waals surface area contributed by atoms with Crippen molar-refractivity contribution < 1.29 is 9.32 Å². The number of urea groups is 1. The number of thiophene rings is 1. The Morgan fingerprint density at radius 1 is 1.65 bits per heavy atom. The highest BCUT2D eigenvalue weighted by Crippen LogP contribution is 2.35. The number of nitrogens with zero attached hydrogens (tertiary/aromatic N) is 2. The molecule has 3 rings (SSSR count). The molecule has 0 aromatic carbocycles. The van der Waals surface area contributed by atoms with Crippen LogP contribution in [0.2, 0.25) is 0 Å². The van der Waals surface area contributed by atoms with Crippen LogP contribution in [0.4, 0.5) is 10.6 Å². The van der Waals surface area contributed by atoms with Crippen LogP contribution in [0.5, 0.6) is 0 Å². The third-order valence-electron chi connectivity index (χ3n) is 3.61. The maximum absolute atomic E-state index is 12.4. The zero-order valence-corrected chi connectivity index (χ0v) is 12.4. The predicted octanol–water partition coefficient (Wildman–Crippen LogP) is 3.59. The van der Waals surface area contributed by atoms with Crippen molar-refractivity contribution in [1.29, 1.82) is 0 Å². The highest BCUT2D eigenvalue weighted by molar-refractivity contribution is 7.10. The van der Waals surface area contributed by atoms with Gasteiger partial charge in [0.05, 0.1) is 6.04 Å². The molecule has 0 bridgehead atoms. The minimum absolute atomic E-state index is 0.109. The molecule has 0 spiro atoms. The number of aryl methyl sites for hydroxylation is 1. The fourth-order valence-electron chi connectivity index (χ4n) is 2.69. The molecule has 1 unspecified atom stereocenters. The molecule has 1 aliphatic rings. The average Bonchev–Trinajstić information content (AvgIpc) is 3.06. The van der Waals surface area contributed by atoms with E-state index in [0.717, 1.165) is 19.4 Å². The third-order valence-corrected chi connectivity index (χ3v) is 4.60. The van der Waals surface area contributed by atoms with E-state index in [1.54, 1.807) is 24.3 Å². The molecule has 3 heterocycles. The summed E-state index contributed by atoms with van der Waals surface area (Å²) in [6.07, 6.45) is 1.84. The van der Waals surface area contributed by atoms with E-state index in [0.29, 0.717) is 11.6 Å². The number of anilines is 1. The highest BCUT2D eigenvalue weighted by Gasteiger charge is 2.30. The Labute approximate surface area is 121 Å². The van der Waals surface area contributed by atoms with Crippen molar-refractivity contribution in [1.82, 2.24) is 10.1 Å². The number of hydrogen-bond acceptors (Lipinski definition) is 4. The van der Waals surface area contributed by atoms with Gasteiger partial charge in [-0.3, -0.25) is 5.32 Å². The van der Waals surface area contributed by atoms with Crippen molar-refractivity contribution in [3.8, 4) is 0 Å². The second kappa shape index (κ2) is 5.28. The second-order valence-corrected chi connectivity index (χ2v) is 5.92. The van der Waals surface area contributed by atoms with E-state index in [4.69, 9.17) is 4.52 Å². The molecule has 1 atom stereocenters. The lowest BCUT2D eigenvalue weighted by molar-refractivity contribution is 0.181. The van der Waals surface area contributed by atoms with Gasteiger partial charge < -0.3 is 9.42 Å². The number of nitrogens with one attached hydrogen (secondary N) is 1. The Hall–Kier alpha value is -1.82. The van der Waals surface area contributed by atoms with Gasteiger partial charge in [0.15, 0.2) is 5.82 Å². The summed E-state index contributed by atoms with van der Waals surface area (Å²) in [4.78, 5) is 15.7. The van der Waals surface area contributed by atoms with Gasteiger partial charge in [0.2, 0.25) is 0 Å². The molecule has 0 aliphatic carbocycles.